The van der Waals surface area contributed by atoms with Crippen LogP contribution in [0.3, 0.4) is 0 Å². The molecule has 2 heterocycles. The van der Waals surface area contributed by atoms with Gasteiger partial charge in [0.1, 0.15) is 5.69 Å². The average Bonchev–Trinajstić information content (AvgIpc) is 2.82. The molecular formula is C20H20N2O3. The topological polar surface area (TPSA) is 59.5 Å². The monoisotopic (exact) mass is 336 g/mol. The largest absolute Gasteiger partial charge is 0.453 e. The number of pyridine rings is 1. The smallest absolute Gasteiger partial charge is 0.357 e. The molecule has 5 nitrogen and oxygen atoms in total. The van der Waals surface area contributed by atoms with E-state index in [9.17, 15) is 9.59 Å². The first-order valence-corrected chi connectivity index (χ1v) is 8.07. The molecule has 1 aromatic heterocycles. The Bertz CT molecular complexity index is 841. The van der Waals surface area contributed by atoms with Gasteiger partial charge in [-0.2, -0.15) is 0 Å². The lowest BCUT2D eigenvalue weighted by atomic mass is 9.83. The lowest BCUT2D eigenvalue weighted by molar-refractivity contribution is -0.117. The van der Waals surface area contributed by atoms with Crippen LogP contribution in [-0.4, -0.2) is 30.4 Å². The average molecular weight is 336 g/mol. The summed E-state index contributed by atoms with van der Waals surface area (Å²) in [5.74, 6) is -0.860. The zero-order valence-corrected chi connectivity index (χ0v) is 14.5. The molecule has 0 radical (unpaired) electrons. The number of rotatable bonds is 4. The fourth-order valence-corrected chi connectivity index (χ4v) is 3.15. The minimum Gasteiger partial charge on any atom is -0.453 e. The number of carbonyl (C=O) groups is 2. The Balaban J connectivity index is 1.73. The number of benzene rings is 1. The van der Waals surface area contributed by atoms with Crippen LogP contribution in [0.25, 0.3) is 0 Å². The molecule has 0 saturated heterocycles. The molecule has 0 amide bonds. The first-order valence-electron chi connectivity index (χ1n) is 8.07. The van der Waals surface area contributed by atoms with Crippen LogP contribution < -0.4 is 4.90 Å². The van der Waals surface area contributed by atoms with Crippen molar-refractivity contribution in [3.8, 4) is 0 Å². The molecule has 0 unspecified atom stereocenters. The molecule has 128 valence electrons. The molecular weight excluding hydrogens is 316 g/mol. The highest BCUT2D eigenvalue weighted by molar-refractivity contribution is 5.96. The molecule has 1 aliphatic heterocycles. The molecule has 0 atom stereocenters. The van der Waals surface area contributed by atoms with Crippen molar-refractivity contribution in [3.05, 3.63) is 71.7 Å². The maximum absolute atomic E-state index is 12.3. The van der Waals surface area contributed by atoms with Gasteiger partial charge in [-0.1, -0.05) is 38.1 Å². The summed E-state index contributed by atoms with van der Waals surface area (Å²) in [4.78, 5) is 30.1. The number of hydrogen-bond acceptors (Lipinski definition) is 5. The van der Waals surface area contributed by atoms with Crippen LogP contribution in [0, 0.1) is 0 Å². The van der Waals surface area contributed by atoms with Gasteiger partial charge >= 0.3 is 5.97 Å². The van der Waals surface area contributed by atoms with Gasteiger partial charge in [0.05, 0.1) is 0 Å². The normalized spacial score (nSPS) is 16.6. The van der Waals surface area contributed by atoms with Crippen molar-refractivity contribution in [1.29, 1.82) is 0 Å². The van der Waals surface area contributed by atoms with E-state index in [4.69, 9.17) is 4.74 Å². The lowest BCUT2D eigenvalue weighted by Gasteiger charge is -2.23. The number of anilines is 1. The number of hydrogen-bond donors (Lipinski definition) is 0. The summed E-state index contributed by atoms with van der Waals surface area (Å²) in [6.45, 7) is 3.85. The van der Waals surface area contributed by atoms with Crippen molar-refractivity contribution < 1.29 is 14.3 Å². The molecule has 2 aromatic rings. The van der Waals surface area contributed by atoms with E-state index in [1.54, 1.807) is 24.3 Å². The Kier molecular flexibility index (Phi) is 4.40. The maximum atomic E-state index is 12.3. The number of para-hydroxylation sites is 1. The van der Waals surface area contributed by atoms with Crippen LogP contribution >= 0.6 is 0 Å². The highest BCUT2D eigenvalue weighted by Gasteiger charge is 2.38. The van der Waals surface area contributed by atoms with E-state index in [-0.39, 0.29) is 23.5 Å². The van der Waals surface area contributed by atoms with Crippen molar-refractivity contribution in [3.63, 3.8) is 0 Å². The van der Waals surface area contributed by atoms with Crippen molar-refractivity contribution in [2.24, 2.45) is 0 Å². The second kappa shape index (κ2) is 6.51. The minimum absolute atomic E-state index is 0.189. The number of ether oxygens (including phenoxy) is 1. The Morgan fingerprint density at radius 2 is 1.88 bits per heavy atom. The van der Waals surface area contributed by atoms with Crippen LogP contribution in [-0.2, 0) is 14.9 Å². The van der Waals surface area contributed by atoms with Gasteiger partial charge in [-0.15, -0.1) is 0 Å². The minimum atomic E-state index is -0.602. The summed E-state index contributed by atoms with van der Waals surface area (Å²) in [6, 6.07) is 13.0. The van der Waals surface area contributed by atoms with E-state index in [1.165, 1.54) is 11.8 Å². The van der Waals surface area contributed by atoms with Crippen LogP contribution in [0.15, 0.2) is 60.4 Å². The molecule has 0 fully saturated rings. The molecule has 1 aliphatic rings. The first kappa shape index (κ1) is 16.9. The molecule has 1 aromatic carbocycles. The number of aromatic nitrogens is 1. The lowest BCUT2D eigenvalue weighted by Crippen LogP contribution is -2.25. The molecule has 0 aliphatic carbocycles. The third-order valence-electron chi connectivity index (χ3n) is 4.46. The summed E-state index contributed by atoms with van der Waals surface area (Å²) in [6.07, 6.45) is 3.07. The maximum Gasteiger partial charge on any atom is 0.357 e. The SMILES string of the molecule is CN1C(=CC(=O)COC(=O)c2ccccn2)C(C)(C)c2ccccc21. The van der Waals surface area contributed by atoms with Gasteiger partial charge in [0, 0.05) is 36.1 Å². The Hall–Kier alpha value is -2.95. The van der Waals surface area contributed by atoms with Gasteiger partial charge in [-0.25, -0.2) is 9.78 Å². The van der Waals surface area contributed by atoms with Crippen molar-refractivity contribution in [2.45, 2.75) is 19.3 Å². The number of carbonyl (C=O) groups excluding carboxylic acids is 2. The number of ketones is 1. The quantitative estimate of drug-likeness (QED) is 0.634. The van der Waals surface area contributed by atoms with Gasteiger partial charge in [0.15, 0.2) is 12.4 Å². The van der Waals surface area contributed by atoms with E-state index >= 15 is 0 Å². The molecule has 5 heteroatoms. The zero-order chi connectivity index (χ0) is 18.0. The fourth-order valence-electron chi connectivity index (χ4n) is 3.15. The molecule has 3 rings (SSSR count). The van der Waals surface area contributed by atoms with Crippen molar-refractivity contribution >= 4 is 17.4 Å². The van der Waals surface area contributed by atoms with Crippen molar-refractivity contribution in [2.75, 3.05) is 18.6 Å². The summed E-state index contributed by atoms with van der Waals surface area (Å²) in [5.41, 5.74) is 3.03. The van der Waals surface area contributed by atoms with Crippen molar-refractivity contribution in [1.82, 2.24) is 4.98 Å². The van der Waals surface area contributed by atoms with E-state index in [0.717, 1.165) is 11.4 Å². The Labute approximate surface area is 146 Å². The standard InChI is InChI=1S/C20H20N2O3/c1-20(2)15-8-4-5-10-17(15)22(3)18(20)12-14(23)13-25-19(24)16-9-6-7-11-21-16/h4-12H,13H2,1-3H3. The van der Waals surface area contributed by atoms with Crippen LogP contribution in [0.1, 0.15) is 29.9 Å². The summed E-state index contributed by atoms with van der Waals surface area (Å²) < 4.78 is 5.07. The van der Waals surface area contributed by atoms with E-state index < -0.39 is 5.97 Å². The van der Waals surface area contributed by atoms with Crippen LogP contribution in [0.2, 0.25) is 0 Å². The van der Waals surface area contributed by atoms with Gasteiger partial charge < -0.3 is 9.64 Å². The van der Waals surface area contributed by atoms with Gasteiger partial charge in [0.2, 0.25) is 0 Å². The Morgan fingerprint density at radius 1 is 1.16 bits per heavy atom. The first-order chi connectivity index (χ1) is 11.9. The number of allylic oxidation sites excluding steroid dienone is 1. The second-order valence-electron chi connectivity index (χ2n) is 6.49. The molecule has 0 N–H and O–H groups in total. The van der Waals surface area contributed by atoms with E-state index in [1.807, 2.05) is 30.1 Å². The van der Waals surface area contributed by atoms with Crippen LogP contribution in [0.4, 0.5) is 5.69 Å². The van der Waals surface area contributed by atoms with Gasteiger partial charge in [-0.3, -0.25) is 4.79 Å². The number of esters is 1. The molecule has 0 spiro atoms. The zero-order valence-electron chi connectivity index (χ0n) is 14.5. The summed E-state index contributed by atoms with van der Waals surface area (Å²) in [7, 11) is 1.94. The third-order valence-corrected chi connectivity index (χ3v) is 4.46. The molecule has 0 bridgehead atoms. The number of fused-ring (bicyclic) bond motifs is 1. The number of likely N-dealkylation sites (N-methyl/N-ethyl adjacent to an activating group) is 1. The Morgan fingerprint density at radius 3 is 2.56 bits per heavy atom. The second-order valence-corrected chi connectivity index (χ2v) is 6.49. The van der Waals surface area contributed by atoms with E-state index in [2.05, 4.69) is 24.9 Å². The highest BCUT2D eigenvalue weighted by Crippen LogP contribution is 2.46. The van der Waals surface area contributed by atoms with Gasteiger partial charge in [0.25, 0.3) is 0 Å². The predicted octanol–water partition coefficient (Wildman–Crippen LogP) is 3.12. The molecule has 0 saturated carbocycles. The highest BCUT2D eigenvalue weighted by atomic mass is 16.5. The number of nitrogens with zero attached hydrogens (tertiary/aromatic N) is 2. The van der Waals surface area contributed by atoms with Crippen LogP contribution in [0.5, 0.6) is 0 Å². The summed E-state index contributed by atoms with van der Waals surface area (Å²) >= 11 is 0. The molecule has 25 heavy (non-hydrogen) atoms. The third kappa shape index (κ3) is 3.18. The van der Waals surface area contributed by atoms with E-state index in [0.29, 0.717) is 0 Å². The predicted molar refractivity (Wildman–Crippen MR) is 95.5 cm³/mol. The fraction of sp³-hybridized carbons (Fsp3) is 0.250. The van der Waals surface area contributed by atoms with Gasteiger partial charge in [-0.05, 0) is 23.8 Å². The summed E-state index contributed by atoms with van der Waals surface area (Å²) in [5, 5.41) is 0.